The Morgan fingerprint density at radius 1 is 1.26 bits per heavy atom. The van der Waals surface area contributed by atoms with Gasteiger partial charge >= 0.3 is 0 Å². The van der Waals surface area contributed by atoms with E-state index in [-0.39, 0.29) is 12.4 Å². The Morgan fingerprint density at radius 2 is 1.91 bits per heavy atom. The highest BCUT2D eigenvalue weighted by Crippen LogP contribution is 2.23. The second-order valence-electron chi connectivity index (χ2n) is 6.08. The number of nitrogens with zero attached hydrogens (tertiary/aromatic N) is 1. The maximum atomic E-state index is 12.1. The summed E-state index contributed by atoms with van der Waals surface area (Å²) in [6.07, 6.45) is 4.93. The quantitative estimate of drug-likeness (QED) is 0.776. The molecule has 1 saturated heterocycles. The number of hydrogen-bond acceptors (Lipinski definition) is 3. The number of piperidine rings is 1. The minimum atomic E-state index is 0. The third-order valence-electron chi connectivity index (χ3n) is 4.47. The van der Waals surface area contributed by atoms with Crippen LogP contribution in [0.2, 0.25) is 0 Å². The van der Waals surface area contributed by atoms with Crippen LogP contribution in [-0.2, 0) is 11.2 Å². The van der Waals surface area contributed by atoms with E-state index >= 15 is 0 Å². The van der Waals surface area contributed by atoms with Gasteiger partial charge in [0.05, 0.1) is 7.11 Å². The first-order valence-corrected chi connectivity index (χ1v) is 8.28. The van der Waals surface area contributed by atoms with Crippen LogP contribution in [0.3, 0.4) is 0 Å². The van der Waals surface area contributed by atoms with Gasteiger partial charge < -0.3 is 15.0 Å². The summed E-state index contributed by atoms with van der Waals surface area (Å²) in [6, 6.07) is 8.34. The average molecular weight is 341 g/mol. The van der Waals surface area contributed by atoms with E-state index in [9.17, 15) is 4.79 Å². The number of carbonyl (C=O) groups excluding carboxylic acids is 1. The molecular weight excluding hydrogens is 312 g/mol. The third-order valence-corrected chi connectivity index (χ3v) is 4.47. The molecular formula is C18H29ClN2O2. The lowest BCUT2D eigenvalue weighted by molar-refractivity contribution is -0.132. The Hall–Kier alpha value is -1.26. The van der Waals surface area contributed by atoms with Crippen LogP contribution in [0.25, 0.3) is 0 Å². The molecule has 0 radical (unpaired) electrons. The van der Waals surface area contributed by atoms with E-state index < -0.39 is 0 Å². The number of carbonyl (C=O) groups is 1. The van der Waals surface area contributed by atoms with Crippen LogP contribution in [0.5, 0.6) is 5.75 Å². The summed E-state index contributed by atoms with van der Waals surface area (Å²) in [5, 5.41) is 3.09. The SMILES string of the molecule is CNCCCC(=O)N1CCC(Cc2ccc(OC)cc2)CC1.Cl. The minimum absolute atomic E-state index is 0. The molecule has 1 heterocycles. The Morgan fingerprint density at radius 3 is 2.48 bits per heavy atom. The molecule has 1 aromatic rings. The topological polar surface area (TPSA) is 41.6 Å². The summed E-state index contributed by atoms with van der Waals surface area (Å²) in [7, 11) is 3.62. The lowest BCUT2D eigenvalue weighted by atomic mass is 9.90. The van der Waals surface area contributed by atoms with E-state index in [1.54, 1.807) is 7.11 Å². The monoisotopic (exact) mass is 340 g/mol. The molecule has 0 atom stereocenters. The maximum Gasteiger partial charge on any atom is 0.222 e. The predicted molar refractivity (Wildman–Crippen MR) is 96.4 cm³/mol. The van der Waals surface area contributed by atoms with Crippen LogP contribution in [0.4, 0.5) is 0 Å². The van der Waals surface area contributed by atoms with Crippen molar-refractivity contribution in [2.75, 3.05) is 33.8 Å². The highest BCUT2D eigenvalue weighted by Gasteiger charge is 2.22. The number of likely N-dealkylation sites (tertiary alicyclic amines) is 1. The molecule has 0 aromatic heterocycles. The summed E-state index contributed by atoms with van der Waals surface area (Å²) in [6.45, 7) is 2.75. The molecule has 0 spiro atoms. The van der Waals surface area contributed by atoms with Gasteiger partial charge in [0.25, 0.3) is 0 Å². The van der Waals surface area contributed by atoms with E-state index in [0.29, 0.717) is 18.2 Å². The molecule has 23 heavy (non-hydrogen) atoms. The van der Waals surface area contributed by atoms with Gasteiger partial charge in [0, 0.05) is 19.5 Å². The van der Waals surface area contributed by atoms with Crippen molar-refractivity contribution in [3.63, 3.8) is 0 Å². The van der Waals surface area contributed by atoms with Crippen LogP contribution < -0.4 is 10.1 Å². The van der Waals surface area contributed by atoms with Crippen LogP contribution >= 0.6 is 12.4 Å². The summed E-state index contributed by atoms with van der Waals surface area (Å²) in [5.74, 6) is 1.92. The minimum Gasteiger partial charge on any atom is -0.497 e. The zero-order valence-corrected chi connectivity index (χ0v) is 15.0. The third kappa shape index (κ3) is 6.40. The zero-order chi connectivity index (χ0) is 15.8. The maximum absolute atomic E-state index is 12.1. The number of ether oxygens (including phenoxy) is 1. The molecule has 5 heteroatoms. The fraction of sp³-hybridized carbons (Fsp3) is 0.611. The highest BCUT2D eigenvalue weighted by atomic mass is 35.5. The lowest BCUT2D eigenvalue weighted by Gasteiger charge is -2.32. The van der Waals surface area contributed by atoms with Crippen LogP contribution in [0.15, 0.2) is 24.3 Å². The number of nitrogens with one attached hydrogen (secondary N) is 1. The van der Waals surface area contributed by atoms with Gasteiger partial charge in [-0.05, 0) is 62.9 Å². The molecule has 1 fully saturated rings. The highest BCUT2D eigenvalue weighted by molar-refractivity contribution is 5.85. The Kier molecular flexibility index (Phi) is 9.03. The second kappa shape index (κ2) is 10.5. The fourth-order valence-corrected chi connectivity index (χ4v) is 3.06. The number of hydrogen-bond donors (Lipinski definition) is 1. The van der Waals surface area contributed by atoms with Crippen molar-refractivity contribution in [3.05, 3.63) is 29.8 Å². The van der Waals surface area contributed by atoms with Gasteiger partial charge in [-0.15, -0.1) is 12.4 Å². The fourth-order valence-electron chi connectivity index (χ4n) is 3.06. The largest absolute Gasteiger partial charge is 0.497 e. The van der Waals surface area contributed by atoms with Crippen molar-refractivity contribution in [2.45, 2.75) is 32.1 Å². The summed E-state index contributed by atoms with van der Waals surface area (Å²) < 4.78 is 5.19. The average Bonchev–Trinajstić information content (AvgIpc) is 2.56. The van der Waals surface area contributed by atoms with E-state index in [1.165, 1.54) is 5.56 Å². The molecule has 1 aromatic carbocycles. The van der Waals surface area contributed by atoms with Crippen molar-refractivity contribution in [2.24, 2.45) is 5.92 Å². The van der Waals surface area contributed by atoms with Crippen molar-refractivity contribution in [3.8, 4) is 5.75 Å². The molecule has 1 amide bonds. The first-order valence-electron chi connectivity index (χ1n) is 8.28. The number of benzene rings is 1. The van der Waals surface area contributed by atoms with Crippen LogP contribution in [0.1, 0.15) is 31.2 Å². The number of rotatable bonds is 7. The predicted octanol–water partition coefficient (Wildman–Crippen LogP) is 2.90. The zero-order valence-electron chi connectivity index (χ0n) is 14.2. The van der Waals surface area contributed by atoms with Crippen molar-refractivity contribution in [1.29, 1.82) is 0 Å². The Labute approximate surface area is 146 Å². The number of halogens is 1. The van der Waals surface area contributed by atoms with Gasteiger partial charge in [-0.3, -0.25) is 4.79 Å². The number of methoxy groups -OCH3 is 1. The van der Waals surface area contributed by atoms with E-state index in [2.05, 4.69) is 17.4 Å². The van der Waals surface area contributed by atoms with Gasteiger partial charge in [0.1, 0.15) is 5.75 Å². The lowest BCUT2D eigenvalue weighted by Crippen LogP contribution is -2.39. The molecule has 2 rings (SSSR count). The molecule has 1 aliphatic heterocycles. The van der Waals surface area contributed by atoms with E-state index in [0.717, 1.165) is 51.1 Å². The second-order valence-corrected chi connectivity index (χ2v) is 6.08. The van der Waals surface area contributed by atoms with Crippen LogP contribution in [-0.4, -0.2) is 44.6 Å². The Balaban J connectivity index is 0.00000264. The summed E-state index contributed by atoms with van der Waals surface area (Å²) >= 11 is 0. The van der Waals surface area contributed by atoms with Gasteiger partial charge in [-0.2, -0.15) is 0 Å². The molecule has 0 saturated carbocycles. The van der Waals surface area contributed by atoms with Crippen LogP contribution in [0, 0.1) is 5.92 Å². The van der Waals surface area contributed by atoms with Gasteiger partial charge in [-0.1, -0.05) is 12.1 Å². The van der Waals surface area contributed by atoms with Crippen molar-refractivity contribution >= 4 is 18.3 Å². The molecule has 0 aliphatic carbocycles. The summed E-state index contributed by atoms with van der Waals surface area (Å²) in [5.41, 5.74) is 1.36. The molecule has 130 valence electrons. The van der Waals surface area contributed by atoms with Crippen molar-refractivity contribution in [1.82, 2.24) is 10.2 Å². The first kappa shape index (κ1) is 19.8. The number of amides is 1. The summed E-state index contributed by atoms with van der Waals surface area (Å²) in [4.78, 5) is 14.1. The standard InChI is InChI=1S/C18H28N2O2.ClH/c1-19-11-3-4-18(21)20-12-9-16(10-13-20)14-15-5-7-17(22-2)8-6-15;/h5-8,16,19H,3-4,9-14H2,1-2H3;1H. The molecule has 1 aliphatic rings. The van der Waals surface area contributed by atoms with Gasteiger partial charge in [0.2, 0.25) is 5.91 Å². The smallest absolute Gasteiger partial charge is 0.222 e. The molecule has 4 nitrogen and oxygen atoms in total. The normalized spacial score (nSPS) is 15.1. The van der Waals surface area contributed by atoms with E-state index in [4.69, 9.17) is 4.74 Å². The van der Waals surface area contributed by atoms with Gasteiger partial charge in [0.15, 0.2) is 0 Å². The van der Waals surface area contributed by atoms with Crippen molar-refractivity contribution < 1.29 is 9.53 Å². The molecule has 0 bridgehead atoms. The molecule has 0 unspecified atom stereocenters. The molecule has 1 N–H and O–H groups in total. The Bertz CT molecular complexity index is 457. The first-order chi connectivity index (χ1) is 10.7. The van der Waals surface area contributed by atoms with E-state index in [1.807, 2.05) is 24.1 Å². The van der Waals surface area contributed by atoms with Gasteiger partial charge in [-0.25, -0.2) is 0 Å².